The highest BCUT2D eigenvalue weighted by atomic mass is 32.2. The maximum absolute atomic E-state index is 12.7. The molecule has 134 valence electrons. The van der Waals surface area contributed by atoms with Gasteiger partial charge in [-0.25, -0.2) is 13.4 Å². The number of benzene rings is 2. The monoisotopic (exact) mass is 369 g/mol. The van der Waals surface area contributed by atoms with E-state index in [4.69, 9.17) is 4.74 Å². The van der Waals surface area contributed by atoms with Crippen LogP contribution < -0.4 is 14.8 Å². The van der Waals surface area contributed by atoms with Gasteiger partial charge in [0.05, 0.1) is 19.0 Å². The number of aromatic nitrogens is 1. The number of nitrogens with one attached hydrogen (secondary N) is 2. The molecule has 0 saturated carbocycles. The second-order valence-electron chi connectivity index (χ2n) is 5.68. The Balaban J connectivity index is 1.79. The van der Waals surface area contributed by atoms with Crippen LogP contribution in [0.15, 0.2) is 71.8 Å². The third-order valence-electron chi connectivity index (χ3n) is 3.67. The number of pyridine rings is 1. The van der Waals surface area contributed by atoms with Gasteiger partial charge in [-0.15, -0.1) is 0 Å². The molecule has 0 unspecified atom stereocenters. The highest BCUT2D eigenvalue weighted by Gasteiger charge is 2.20. The molecule has 0 amide bonds. The maximum atomic E-state index is 12.7. The van der Waals surface area contributed by atoms with E-state index in [-0.39, 0.29) is 4.90 Å². The number of para-hydroxylation sites is 1. The smallest absolute Gasteiger partial charge is 0.265 e. The van der Waals surface area contributed by atoms with E-state index >= 15 is 0 Å². The Labute approximate surface area is 152 Å². The first-order chi connectivity index (χ1) is 12.5. The lowest BCUT2D eigenvalue weighted by atomic mass is 10.2. The lowest BCUT2D eigenvalue weighted by molar-refractivity contribution is 0.402. The summed E-state index contributed by atoms with van der Waals surface area (Å²) in [5.74, 6) is 0.908. The minimum Gasteiger partial charge on any atom is -0.495 e. The van der Waals surface area contributed by atoms with Crippen molar-refractivity contribution in [3.05, 3.63) is 72.4 Å². The standard InChI is InChI=1S/C19H19N3O3S/c1-14-8-10-17(25-2)18(12-14)26(23,24)22-16-9-11-19(20-13-16)21-15-6-4-3-5-7-15/h3-13,22H,1-2H3,(H,20,21). The van der Waals surface area contributed by atoms with Crippen molar-refractivity contribution in [2.24, 2.45) is 0 Å². The van der Waals surface area contributed by atoms with E-state index in [0.29, 0.717) is 17.3 Å². The summed E-state index contributed by atoms with van der Waals surface area (Å²) >= 11 is 0. The van der Waals surface area contributed by atoms with E-state index in [1.54, 1.807) is 30.3 Å². The Morgan fingerprint density at radius 2 is 1.73 bits per heavy atom. The highest BCUT2D eigenvalue weighted by Crippen LogP contribution is 2.27. The Bertz CT molecular complexity index is 988. The van der Waals surface area contributed by atoms with Gasteiger partial charge in [-0.05, 0) is 48.9 Å². The van der Waals surface area contributed by atoms with Gasteiger partial charge in [-0.1, -0.05) is 24.3 Å². The summed E-state index contributed by atoms with van der Waals surface area (Å²) in [5.41, 5.74) is 2.09. The van der Waals surface area contributed by atoms with Gasteiger partial charge in [0.1, 0.15) is 16.5 Å². The van der Waals surface area contributed by atoms with Crippen molar-refractivity contribution in [3.63, 3.8) is 0 Å². The van der Waals surface area contributed by atoms with Crippen molar-refractivity contribution in [3.8, 4) is 5.75 Å². The Morgan fingerprint density at radius 3 is 2.38 bits per heavy atom. The zero-order valence-electron chi connectivity index (χ0n) is 14.4. The molecule has 2 aromatic carbocycles. The zero-order chi connectivity index (χ0) is 18.6. The van der Waals surface area contributed by atoms with Crippen molar-refractivity contribution in [1.29, 1.82) is 0 Å². The molecule has 0 aliphatic rings. The van der Waals surface area contributed by atoms with E-state index in [0.717, 1.165) is 11.3 Å². The fourth-order valence-electron chi connectivity index (χ4n) is 2.40. The van der Waals surface area contributed by atoms with Crippen molar-refractivity contribution in [1.82, 2.24) is 4.98 Å². The fraction of sp³-hybridized carbons (Fsp3) is 0.105. The minimum atomic E-state index is -3.79. The van der Waals surface area contributed by atoms with E-state index in [9.17, 15) is 8.42 Å². The molecular formula is C19H19N3O3S. The van der Waals surface area contributed by atoms with Crippen LogP contribution in [0.2, 0.25) is 0 Å². The molecule has 6 nitrogen and oxygen atoms in total. The van der Waals surface area contributed by atoms with Crippen LogP contribution in [-0.2, 0) is 10.0 Å². The Morgan fingerprint density at radius 1 is 0.962 bits per heavy atom. The largest absolute Gasteiger partial charge is 0.495 e. The van der Waals surface area contributed by atoms with Crippen molar-refractivity contribution in [2.45, 2.75) is 11.8 Å². The van der Waals surface area contributed by atoms with Crippen LogP contribution in [0.25, 0.3) is 0 Å². The predicted molar refractivity (Wildman–Crippen MR) is 103 cm³/mol. The molecule has 7 heteroatoms. The van der Waals surface area contributed by atoms with Crippen LogP contribution in [0.3, 0.4) is 0 Å². The number of sulfonamides is 1. The van der Waals surface area contributed by atoms with Crippen LogP contribution in [0, 0.1) is 6.92 Å². The molecule has 0 bridgehead atoms. The number of hydrogen-bond acceptors (Lipinski definition) is 5. The topological polar surface area (TPSA) is 80.3 Å². The molecule has 0 aliphatic carbocycles. The fourth-order valence-corrected chi connectivity index (χ4v) is 3.70. The summed E-state index contributed by atoms with van der Waals surface area (Å²) in [4.78, 5) is 4.33. The average Bonchev–Trinajstić information content (AvgIpc) is 2.64. The number of ether oxygens (including phenoxy) is 1. The quantitative estimate of drug-likeness (QED) is 0.688. The summed E-state index contributed by atoms with van der Waals surface area (Å²) in [6.45, 7) is 1.82. The number of methoxy groups -OCH3 is 1. The average molecular weight is 369 g/mol. The number of rotatable bonds is 6. The second kappa shape index (κ2) is 7.45. The number of anilines is 3. The van der Waals surface area contributed by atoms with Crippen LogP contribution in [0.4, 0.5) is 17.2 Å². The lowest BCUT2D eigenvalue weighted by Gasteiger charge is -2.12. The third kappa shape index (κ3) is 4.12. The zero-order valence-corrected chi connectivity index (χ0v) is 15.2. The predicted octanol–water partition coefficient (Wildman–Crippen LogP) is 3.94. The first-order valence-corrected chi connectivity index (χ1v) is 9.42. The number of hydrogen-bond donors (Lipinski definition) is 2. The summed E-state index contributed by atoms with van der Waals surface area (Å²) < 4.78 is 33.0. The van der Waals surface area contributed by atoms with Gasteiger partial charge >= 0.3 is 0 Å². The minimum absolute atomic E-state index is 0.0893. The van der Waals surface area contributed by atoms with Gasteiger partial charge in [-0.3, -0.25) is 4.72 Å². The molecule has 3 rings (SSSR count). The Hall–Kier alpha value is -3.06. The SMILES string of the molecule is COc1ccc(C)cc1S(=O)(=O)Nc1ccc(Nc2ccccc2)nc1. The lowest BCUT2D eigenvalue weighted by Crippen LogP contribution is -2.14. The summed E-state index contributed by atoms with van der Waals surface area (Å²) in [6.07, 6.45) is 1.46. The van der Waals surface area contributed by atoms with Gasteiger partial charge in [-0.2, -0.15) is 0 Å². The van der Waals surface area contributed by atoms with Crippen LogP contribution >= 0.6 is 0 Å². The van der Waals surface area contributed by atoms with Crippen LogP contribution in [-0.4, -0.2) is 20.5 Å². The molecule has 0 radical (unpaired) electrons. The van der Waals surface area contributed by atoms with E-state index in [2.05, 4.69) is 15.0 Å². The van der Waals surface area contributed by atoms with Gasteiger partial charge in [0, 0.05) is 5.69 Å². The third-order valence-corrected chi connectivity index (χ3v) is 5.07. The van der Waals surface area contributed by atoms with Gasteiger partial charge in [0.15, 0.2) is 0 Å². The normalized spacial score (nSPS) is 11.0. The van der Waals surface area contributed by atoms with Gasteiger partial charge in [0.2, 0.25) is 0 Å². The molecule has 0 saturated heterocycles. The van der Waals surface area contributed by atoms with Crippen LogP contribution in [0.1, 0.15) is 5.56 Å². The van der Waals surface area contributed by atoms with Crippen molar-refractivity contribution in [2.75, 3.05) is 17.1 Å². The number of aryl methyl sites for hydroxylation is 1. The van der Waals surface area contributed by atoms with E-state index < -0.39 is 10.0 Å². The first-order valence-electron chi connectivity index (χ1n) is 7.93. The molecule has 0 spiro atoms. The van der Waals surface area contributed by atoms with E-state index in [1.807, 2.05) is 37.3 Å². The molecule has 3 aromatic rings. The molecule has 26 heavy (non-hydrogen) atoms. The van der Waals surface area contributed by atoms with Crippen molar-refractivity contribution >= 4 is 27.2 Å². The van der Waals surface area contributed by atoms with Gasteiger partial charge < -0.3 is 10.1 Å². The first kappa shape index (κ1) is 17.8. The second-order valence-corrected chi connectivity index (χ2v) is 7.33. The van der Waals surface area contributed by atoms with Crippen LogP contribution in [0.5, 0.6) is 5.75 Å². The molecule has 1 aromatic heterocycles. The maximum Gasteiger partial charge on any atom is 0.265 e. The Kier molecular flexibility index (Phi) is 5.09. The summed E-state index contributed by atoms with van der Waals surface area (Å²) in [5, 5.41) is 3.14. The molecular weight excluding hydrogens is 350 g/mol. The molecule has 1 heterocycles. The molecule has 2 N–H and O–H groups in total. The number of nitrogens with zero attached hydrogens (tertiary/aromatic N) is 1. The molecule has 0 fully saturated rings. The molecule has 0 atom stereocenters. The van der Waals surface area contributed by atoms with Crippen molar-refractivity contribution < 1.29 is 13.2 Å². The van der Waals surface area contributed by atoms with Gasteiger partial charge in [0.25, 0.3) is 10.0 Å². The van der Waals surface area contributed by atoms with E-state index in [1.165, 1.54) is 13.3 Å². The highest BCUT2D eigenvalue weighted by molar-refractivity contribution is 7.92. The summed E-state index contributed by atoms with van der Waals surface area (Å²) in [6, 6.07) is 18.0. The molecule has 0 aliphatic heterocycles. The summed E-state index contributed by atoms with van der Waals surface area (Å²) in [7, 11) is -2.35.